The molecule has 0 saturated heterocycles. The topological polar surface area (TPSA) is 63.3 Å². The van der Waals surface area contributed by atoms with Crippen molar-refractivity contribution in [3.05, 3.63) is 48.0 Å². The van der Waals surface area contributed by atoms with Gasteiger partial charge in [0.15, 0.2) is 0 Å². The van der Waals surface area contributed by atoms with E-state index in [1.54, 1.807) is 6.07 Å². The summed E-state index contributed by atoms with van der Waals surface area (Å²) in [5, 5.41) is 11.7. The number of carbonyl (C=O) groups is 1. The van der Waals surface area contributed by atoms with Gasteiger partial charge in [-0.2, -0.15) is 0 Å². The maximum Gasteiger partial charge on any atom is 0.241 e. The van der Waals surface area contributed by atoms with Gasteiger partial charge in [0.2, 0.25) is 5.91 Å². The van der Waals surface area contributed by atoms with Gasteiger partial charge in [-0.3, -0.25) is 4.79 Å². The van der Waals surface area contributed by atoms with Crippen molar-refractivity contribution < 1.29 is 9.90 Å². The Labute approximate surface area is 92.8 Å². The molecule has 16 heavy (non-hydrogen) atoms. The van der Waals surface area contributed by atoms with Gasteiger partial charge in [0, 0.05) is 17.0 Å². The first kappa shape index (κ1) is 10.2. The van der Waals surface area contributed by atoms with Crippen LogP contribution >= 0.6 is 0 Å². The van der Waals surface area contributed by atoms with Crippen molar-refractivity contribution in [1.29, 1.82) is 0 Å². The summed E-state index contributed by atoms with van der Waals surface area (Å²) in [6, 6.07) is 11.1. The number of rotatable bonds is 2. The van der Waals surface area contributed by atoms with E-state index in [9.17, 15) is 9.90 Å². The van der Waals surface area contributed by atoms with Crippen LogP contribution in [0, 0.1) is 0 Å². The fourth-order valence-corrected chi connectivity index (χ4v) is 1.58. The predicted octanol–water partition coefficient (Wildman–Crippen LogP) is 2.04. The van der Waals surface area contributed by atoms with E-state index in [1.807, 2.05) is 30.3 Å². The van der Waals surface area contributed by atoms with Gasteiger partial charge >= 0.3 is 0 Å². The van der Waals surface area contributed by atoms with Crippen LogP contribution in [0.15, 0.2) is 42.5 Å². The van der Waals surface area contributed by atoms with Crippen molar-refractivity contribution in [1.82, 2.24) is 0 Å². The van der Waals surface area contributed by atoms with Crippen molar-refractivity contribution in [2.45, 2.75) is 0 Å². The van der Waals surface area contributed by atoms with Crippen LogP contribution in [0.4, 0.5) is 0 Å². The van der Waals surface area contributed by atoms with Crippen molar-refractivity contribution in [2.24, 2.45) is 5.73 Å². The van der Waals surface area contributed by atoms with E-state index in [0.29, 0.717) is 5.56 Å². The third-order valence-electron chi connectivity index (χ3n) is 2.36. The molecule has 0 atom stereocenters. The average molecular weight is 213 g/mol. The number of phenols is 1. The average Bonchev–Trinajstić information content (AvgIpc) is 2.28. The van der Waals surface area contributed by atoms with Crippen molar-refractivity contribution >= 4 is 22.8 Å². The largest absolute Gasteiger partial charge is 0.507 e. The number of hydrogen-bond acceptors (Lipinski definition) is 2. The van der Waals surface area contributed by atoms with E-state index in [2.05, 4.69) is 0 Å². The van der Waals surface area contributed by atoms with E-state index in [0.717, 1.165) is 10.8 Å². The number of aromatic hydroxyl groups is 1. The molecule has 0 radical (unpaired) electrons. The number of nitrogens with two attached hydrogens (primary N) is 1. The third kappa shape index (κ3) is 1.88. The lowest BCUT2D eigenvalue weighted by molar-refractivity contribution is -0.113. The van der Waals surface area contributed by atoms with Gasteiger partial charge in [-0.15, -0.1) is 0 Å². The van der Waals surface area contributed by atoms with Crippen LogP contribution in [-0.2, 0) is 4.79 Å². The summed E-state index contributed by atoms with van der Waals surface area (Å²) < 4.78 is 0. The predicted molar refractivity (Wildman–Crippen MR) is 63.8 cm³/mol. The van der Waals surface area contributed by atoms with Crippen molar-refractivity contribution in [3.8, 4) is 5.75 Å². The second kappa shape index (κ2) is 4.06. The fourth-order valence-electron chi connectivity index (χ4n) is 1.58. The molecule has 0 spiro atoms. The van der Waals surface area contributed by atoms with E-state index in [1.165, 1.54) is 12.2 Å². The van der Waals surface area contributed by atoms with Gasteiger partial charge in [0.05, 0.1) is 0 Å². The van der Waals surface area contributed by atoms with E-state index < -0.39 is 5.91 Å². The third-order valence-corrected chi connectivity index (χ3v) is 2.36. The summed E-state index contributed by atoms with van der Waals surface area (Å²) in [4.78, 5) is 10.6. The Hall–Kier alpha value is -2.29. The highest BCUT2D eigenvalue weighted by Gasteiger charge is 2.03. The number of carbonyl (C=O) groups excluding carboxylic acids is 1. The first-order valence-electron chi connectivity index (χ1n) is 4.87. The molecular formula is C13H11NO2. The maximum absolute atomic E-state index is 10.6. The highest BCUT2D eigenvalue weighted by atomic mass is 16.3. The molecule has 1 amide bonds. The first-order valence-corrected chi connectivity index (χ1v) is 4.87. The number of fused-ring (bicyclic) bond motifs is 1. The standard InChI is InChI=1S/C13H11NO2/c14-12(15)8-7-10-6-5-9-3-1-2-4-11(9)13(10)16/h1-8,16H,(H2,14,15)/b8-7-. The minimum Gasteiger partial charge on any atom is -0.507 e. The molecule has 0 aliphatic heterocycles. The highest BCUT2D eigenvalue weighted by molar-refractivity contribution is 5.95. The Morgan fingerprint density at radius 3 is 2.69 bits per heavy atom. The number of benzene rings is 2. The van der Waals surface area contributed by atoms with Crippen LogP contribution in [0.2, 0.25) is 0 Å². The summed E-state index contributed by atoms with van der Waals surface area (Å²) in [6.07, 6.45) is 2.73. The fraction of sp³-hybridized carbons (Fsp3) is 0. The van der Waals surface area contributed by atoms with Gasteiger partial charge in [-0.05, 0) is 11.5 Å². The monoisotopic (exact) mass is 213 g/mol. The highest BCUT2D eigenvalue weighted by Crippen LogP contribution is 2.29. The maximum atomic E-state index is 10.6. The zero-order valence-electron chi connectivity index (χ0n) is 8.55. The number of phenolic OH excluding ortho intramolecular Hbond substituents is 1. The molecule has 2 aromatic rings. The number of primary amides is 1. The van der Waals surface area contributed by atoms with Crippen molar-refractivity contribution in [2.75, 3.05) is 0 Å². The molecule has 0 fully saturated rings. The number of amides is 1. The van der Waals surface area contributed by atoms with E-state index >= 15 is 0 Å². The molecule has 0 saturated carbocycles. The van der Waals surface area contributed by atoms with Gasteiger partial charge in [-0.1, -0.05) is 36.4 Å². The van der Waals surface area contributed by atoms with Crippen LogP contribution in [-0.4, -0.2) is 11.0 Å². The van der Waals surface area contributed by atoms with Gasteiger partial charge in [0.25, 0.3) is 0 Å². The minimum absolute atomic E-state index is 0.163. The molecule has 0 heterocycles. The molecule has 80 valence electrons. The molecular weight excluding hydrogens is 202 g/mol. The molecule has 3 N–H and O–H groups in total. The molecule has 0 aliphatic carbocycles. The number of hydrogen-bond donors (Lipinski definition) is 2. The normalized spacial score (nSPS) is 11.0. The smallest absolute Gasteiger partial charge is 0.241 e. The molecule has 0 aromatic heterocycles. The Kier molecular flexibility index (Phi) is 2.60. The molecule has 0 bridgehead atoms. The van der Waals surface area contributed by atoms with Gasteiger partial charge in [0.1, 0.15) is 5.75 Å². The molecule has 2 aromatic carbocycles. The Balaban J connectivity index is 2.56. The van der Waals surface area contributed by atoms with Crippen LogP contribution in [0.1, 0.15) is 5.56 Å². The molecule has 0 unspecified atom stereocenters. The molecule has 3 nitrogen and oxygen atoms in total. The Morgan fingerprint density at radius 1 is 1.19 bits per heavy atom. The second-order valence-corrected chi connectivity index (χ2v) is 3.46. The van der Waals surface area contributed by atoms with E-state index in [-0.39, 0.29) is 5.75 Å². The molecule has 3 heteroatoms. The summed E-state index contributed by atoms with van der Waals surface area (Å²) in [5.74, 6) is -0.372. The first-order chi connectivity index (χ1) is 7.68. The summed E-state index contributed by atoms with van der Waals surface area (Å²) in [5.41, 5.74) is 5.58. The van der Waals surface area contributed by atoms with Crippen molar-refractivity contribution in [3.63, 3.8) is 0 Å². The second-order valence-electron chi connectivity index (χ2n) is 3.46. The van der Waals surface area contributed by atoms with Crippen LogP contribution in [0.5, 0.6) is 5.75 Å². The Bertz CT molecular complexity index is 573. The van der Waals surface area contributed by atoms with Crippen LogP contribution < -0.4 is 5.73 Å². The minimum atomic E-state index is -0.535. The summed E-state index contributed by atoms with van der Waals surface area (Å²) >= 11 is 0. The zero-order chi connectivity index (χ0) is 11.5. The lowest BCUT2D eigenvalue weighted by atomic mass is 10.1. The lowest BCUT2D eigenvalue weighted by Gasteiger charge is -2.03. The zero-order valence-corrected chi connectivity index (χ0v) is 8.55. The lowest BCUT2D eigenvalue weighted by Crippen LogP contribution is -2.05. The van der Waals surface area contributed by atoms with Gasteiger partial charge in [-0.25, -0.2) is 0 Å². The summed E-state index contributed by atoms with van der Waals surface area (Å²) in [6.45, 7) is 0. The SMILES string of the molecule is NC(=O)/C=C\c1ccc2ccccc2c1O. The summed E-state index contributed by atoms with van der Waals surface area (Å²) in [7, 11) is 0. The molecule has 0 aliphatic rings. The quantitative estimate of drug-likeness (QED) is 0.750. The van der Waals surface area contributed by atoms with Crippen LogP contribution in [0.3, 0.4) is 0 Å². The van der Waals surface area contributed by atoms with Gasteiger partial charge < -0.3 is 10.8 Å². The van der Waals surface area contributed by atoms with Crippen LogP contribution in [0.25, 0.3) is 16.8 Å². The van der Waals surface area contributed by atoms with E-state index in [4.69, 9.17) is 5.73 Å². The molecule has 2 rings (SSSR count). The Morgan fingerprint density at radius 2 is 1.94 bits per heavy atom.